The third-order valence-electron chi connectivity index (χ3n) is 2.69. The summed E-state index contributed by atoms with van der Waals surface area (Å²) in [6, 6.07) is 2.11. The maximum Gasteiger partial charge on any atom is 0.128 e. The van der Waals surface area contributed by atoms with Gasteiger partial charge in [0.05, 0.1) is 13.2 Å². The maximum atomic E-state index is 5.31. The van der Waals surface area contributed by atoms with Crippen LogP contribution in [0.1, 0.15) is 11.1 Å². The van der Waals surface area contributed by atoms with Crippen molar-refractivity contribution in [2.45, 2.75) is 6.92 Å². The van der Waals surface area contributed by atoms with E-state index in [1.807, 2.05) is 12.3 Å². The molecule has 3 heteroatoms. The molecule has 0 radical (unpaired) electrons. The minimum Gasteiger partial charge on any atom is -0.378 e. The number of ether oxygens (including phenoxy) is 1. The Morgan fingerprint density at radius 2 is 2.20 bits per heavy atom. The van der Waals surface area contributed by atoms with Crippen molar-refractivity contribution in [1.82, 2.24) is 4.98 Å². The van der Waals surface area contributed by atoms with Gasteiger partial charge in [-0.3, -0.25) is 0 Å². The third kappa shape index (κ3) is 2.18. The van der Waals surface area contributed by atoms with Gasteiger partial charge in [0.15, 0.2) is 0 Å². The number of hydrogen-bond donors (Lipinski definition) is 0. The van der Waals surface area contributed by atoms with Crippen molar-refractivity contribution < 1.29 is 4.74 Å². The highest BCUT2D eigenvalue weighted by molar-refractivity contribution is 5.54. The van der Waals surface area contributed by atoms with Crippen molar-refractivity contribution in [1.29, 1.82) is 0 Å². The monoisotopic (exact) mass is 204 g/mol. The number of morpholine rings is 1. The zero-order chi connectivity index (χ0) is 10.7. The second-order valence-electron chi connectivity index (χ2n) is 3.70. The lowest BCUT2D eigenvalue weighted by Gasteiger charge is -2.28. The lowest BCUT2D eigenvalue weighted by Crippen LogP contribution is -2.36. The van der Waals surface area contributed by atoms with Gasteiger partial charge in [-0.15, -0.1) is 0 Å². The van der Waals surface area contributed by atoms with E-state index >= 15 is 0 Å². The summed E-state index contributed by atoms with van der Waals surface area (Å²) in [5.74, 6) is 1.04. The first kappa shape index (κ1) is 10.2. The summed E-state index contributed by atoms with van der Waals surface area (Å²) in [7, 11) is 0. The Bertz CT molecular complexity index is 357. The Hall–Kier alpha value is -1.35. The summed E-state index contributed by atoms with van der Waals surface area (Å²) >= 11 is 0. The van der Waals surface area contributed by atoms with Crippen LogP contribution in [0.25, 0.3) is 6.08 Å². The number of aromatic nitrogens is 1. The van der Waals surface area contributed by atoms with Crippen LogP contribution in [0.15, 0.2) is 18.8 Å². The van der Waals surface area contributed by atoms with Gasteiger partial charge in [-0.1, -0.05) is 12.7 Å². The third-order valence-corrected chi connectivity index (χ3v) is 2.69. The van der Waals surface area contributed by atoms with E-state index in [4.69, 9.17) is 4.74 Å². The summed E-state index contributed by atoms with van der Waals surface area (Å²) in [5.41, 5.74) is 2.33. The van der Waals surface area contributed by atoms with E-state index in [1.54, 1.807) is 0 Å². The second kappa shape index (κ2) is 4.45. The van der Waals surface area contributed by atoms with E-state index in [1.165, 1.54) is 5.56 Å². The highest BCUT2D eigenvalue weighted by Gasteiger charge is 2.12. The molecule has 0 saturated carbocycles. The summed E-state index contributed by atoms with van der Waals surface area (Å²) in [6.45, 7) is 9.30. The van der Waals surface area contributed by atoms with Crippen LogP contribution >= 0.6 is 0 Å². The topological polar surface area (TPSA) is 25.4 Å². The van der Waals surface area contributed by atoms with Gasteiger partial charge in [0.2, 0.25) is 0 Å². The summed E-state index contributed by atoms with van der Waals surface area (Å²) < 4.78 is 5.31. The van der Waals surface area contributed by atoms with E-state index in [9.17, 15) is 0 Å². The van der Waals surface area contributed by atoms with E-state index in [0.717, 1.165) is 37.7 Å². The normalized spacial score (nSPS) is 16.5. The van der Waals surface area contributed by atoms with Gasteiger partial charge in [-0.05, 0) is 24.1 Å². The molecule has 1 aromatic heterocycles. The quantitative estimate of drug-likeness (QED) is 0.735. The van der Waals surface area contributed by atoms with Gasteiger partial charge in [-0.2, -0.15) is 0 Å². The molecule has 1 aliphatic heterocycles. The summed E-state index contributed by atoms with van der Waals surface area (Å²) in [4.78, 5) is 6.69. The fraction of sp³-hybridized carbons (Fsp3) is 0.417. The molecule has 2 heterocycles. The Morgan fingerprint density at radius 1 is 1.47 bits per heavy atom. The minimum absolute atomic E-state index is 0.796. The lowest BCUT2D eigenvalue weighted by molar-refractivity contribution is 0.122. The van der Waals surface area contributed by atoms with Crippen molar-refractivity contribution in [3.8, 4) is 0 Å². The average Bonchev–Trinajstić information content (AvgIpc) is 2.30. The van der Waals surface area contributed by atoms with Crippen molar-refractivity contribution in [3.63, 3.8) is 0 Å². The minimum atomic E-state index is 0.796. The molecule has 15 heavy (non-hydrogen) atoms. The predicted octanol–water partition coefficient (Wildman–Crippen LogP) is 1.87. The molecule has 0 atom stereocenters. The second-order valence-corrected chi connectivity index (χ2v) is 3.70. The smallest absolute Gasteiger partial charge is 0.128 e. The van der Waals surface area contributed by atoms with Gasteiger partial charge in [0.25, 0.3) is 0 Å². The van der Waals surface area contributed by atoms with Crippen LogP contribution in [-0.2, 0) is 4.74 Å². The molecule has 1 fully saturated rings. The average molecular weight is 204 g/mol. The van der Waals surface area contributed by atoms with Gasteiger partial charge >= 0.3 is 0 Å². The van der Waals surface area contributed by atoms with Crippen molar-refractivity contribution >= 4 is 11.9 Å². The molecule has 80 valence electrons. The fourth-order valence-electron chi connectivity index (χ4n) is 1.73. The highest BCUT2D eigenvalue weighted by atomic mass is 16.5. The van der Waals surface area contributed by atoms with Gasteiger partial charge in [0.1, 0.15) is 5.82 Å². The number of hydrogen-bond acceptors (Lipinski definition) is 3. The summed E-state index contributed by atoms with van der Waals surface area (Å²) in [6.07, 6.45) is 3.72. The molecule has 2 rings (SSSR count). The van der Waals surface area contributed by atoms with Gasteiger partial charge in [0, 0.05) is 19.3 Å². The molecule has 0 spiro atoms. The number of rotatable bonds is 2. The standard InChI is InChI=1S/C12H16N2O/c1-3-11-9-13-12(8-10(11)2)14-4-6-15-7-5-14/h3,8-9H,1,4-7H2,2H3. The first-order chi connectivity index (χ1) is 7.31. The Morgan fingerprint density at radius 3 is 2.80 bits per heavy atom. The van der Waals surface area contributed by atoms with E-state index in [-0.39, 0.29) is 0 Å². The lowest BCUT2D eigenvalue weighted by atomic mass is 10.1. The number of pyridine rings is 1. The maximum absolute atomic E-state index is 5.31. The van der Waals surface area contributed by atoms with E-state index < -0.39 is 0 Å². The van der Waals surface area contributed by atoms with Gasteiger partial charge in [-0.25, -0.2) is 4.98 Å². The van der Waals surface area contributed by atoms with Gasteiger partial charge < -0.3 is 9.64 Å². The molecule has 1 aliphatic rings. The zero-order valence-corrected chi connectivity index (χ0v) is 9.07. The molecule has 0 aromatic carbocycles. The first-order valence-corrected chi connectivity index (χ1v) is 5.23. The highest BCUT2D eigenvalue weighted by Crippen LogP contribution is 2.17. The Labute approximate surface area is 90.4 Å². The molecule has 0 aliphatic carbocycles. The molecular weight excluding hydrogens is 188 g/mol. The Balaban J connectivity index is 2.21. The van der Waals surface area contributed by atoms with Crippen LogP contribution in [-0.4, -0.2) is 31.3 Å². The molecule has 0 bridgehead atoms. The molecule has 0 unspecified atom stereocenters. The first-order valence-electron chi connectivity index (χ1n) is 5.23. The van der Waals surface area contributed by atoms with E-state index in [2.05, 4.69) is 29.5 Å². The largest absolute Gasteiger partial charge is 0.378 e. The van der Waals surface area contributed by atoms with Crippen molar-refractivity contribution in [2.24, 2.45) is 0 Å². The van der Waals surface area contributed by atoms with Crippen molar-refractivity contribution in [2.75, 3.05) is 31.2 Å². The molecule has 1 aromatic rings. The SMILES string of the molecule is C=Cc1cnc(N2CCOCC2)cc1C. The molecule has 3 nitrogen and oxygen atoms in total. The zero-order valence-electron chi connectivity index (χ0n) is 9.07. The Kier molecular flexibility index (Phi) is 3.02. The van der Waals surface area contributed by atoms with Crippen molar-refractivity contribution in [3.05, 3.63) is 30.0 Å². The number of nitrogens with zero attached hydrogens (tertiary/aromatic N) is 2. The molecule has 1 saturated heterocycles. The van der Waals surface area contributed by atoms with Crippen LogP contribution in [0.3, 0.4) is 0 Å². The molecular formula is C12H16N2O. The van der Waals surface area contributed by atoms with Crippen LogP contribution < -0.4 is 4.90 Å². The number of anilines is 1. The van der Waals surface area contributed by atoms with E-state index in [0.29, 0.717) is 0 Å². The molecule has 0 amide bonds. The summed E-state index contributed by atoms with van der Waals surface area (Å²) in [5, 5.41) is 0. The number of aryl methyl sites for hydroxylation is 1. The van der Waals surface area contributed by atoms with Crippen LogP contribution in [0.2, 0.25) is 0 Å². The van der Waals surface area contributed by atoms with Crippen LogP contribution in [0, 0.1) is 6.92 Å². The van der Waals surface area contributed by atoms with Crippen LogP contribution in [0.4, 0.5) is 5.82 Å². The fourth-order valence-corrected chi connectivity index (χ4v) is 1.73. The predicted molar refractivity (Wildman–Crippen MR) is 62.1 cm³/mol. The van der Waals surface area contributed by atoms with Crippen LogP contribution in [0.5, 0.6) is 0 Å². The molecule has 0 N–H and O–H groups in total.